The van der Waals surface area contributed by atoms with E-state index in [4.69, 9.17) is 9.47 Å². The minimum atomic E-state index is -0.443. The number of nitro benzene ring substituents is 1. The quantitative estimate of drug-likeness (QED) is 0.232. The third kappa shape index (κ3) is 6.22. The van der Waals surface area contributed by atoms with Crippen molar-refractivity contribution in [2.75, 3.05) is 13.2 Å². The van der Waals surface area contributed by atoms with Crippen molar-refractivity contribution in [1.82, 2.24) is 4.90 Å². The smallest absolute Gasteiger partial charge is 0.293 e. The van der Waals surface area contributed by atoms with Gasteiger partial charge in [-0.2, -0.15) is 0 Å². The lowest BCUT2D eigenvalue weighted by Gasteiger charge is -2.25. The van der Waals surface area contributed by atoms with Gasteiger partial charge in [-0.05, 0) is 78.9 Å². The van der Waals surface area contributed by atoms with Crippen LogP contribution in [0.5, 0.6) is 11.5 Å². The number of hydrogen-bond acceptors (Lipinski definition) is 7. The number of hydrogen-bond donors (Lipinski definition) is 0. The van der Waals surface area contributed by atoms with Crippen LogP contribution >= 0.6 is 11.8 Å². The predicted octanol–water partition coefficient (Wildman–Crippen LogP) is 6.19. The van der Waals surface area contributed by atoms with Crippen molar-refractivity contribution < 1.29 is 24.0 Å². The molecule has 184 valence electrons. The number of non-ortho nitro benzene ring substituents is 1. The summed E-state index contributed by atoms with van der Waals surface area (Å²) in [5, 5.41) is 10.6. The Morgan fingerprint density at radius 1 is 1.06 bits per heavy atom. The maximum atomic E-state index is 12.9. The van der Waals surface area contributed by atoms with Gasteiger partial charge in [0.05, 0.1) is 16.4 Å². The summed E-state index contributed by atoms with van der Waals surface area (Å²) in [6, 6.07) is 11.5. The van der Waals surface area contributed by atoms with E-state index in [2.05, 4.69) is 0 Å². The summed E-state index contributed by atoms with van der Waals surface area (Å²) in [7, 11) is 0. The molecule has 0 N–H and O–H groups in total. The van der Waals surface area contributed by atoms with E-state index in [-0.39, 0.29) is 23.4 Å². The van der Waals surface area contributed by atoms with Gasteiger partial charge in [0, 0.05) is 18.7 Å². The molecule has 2 aromatic rings. The van der Waals surface area contributed by atoms with Gasteiger partial charge in [0.2, 0.25) is 0 Å². The van der Waals surface area contributed by atoms with Crippen molar-refractivity contribution in [3.8, 4) is 11.5 Å². The Morgan fingerprint density at radius 3 is 2.49 bits per heavy atom. The highest BCUT2D eigenvalue weighted by molar-refractivity contribution is 8.18. The second kappa shape index (κ2) is 11.4. The van der Waals surface area contributed by atoms with E-state index < -0.39 is 4.92 Å². The van der Waals surface area contributed by atoms with Crippen molar-refractivity contribution in [3.63, 3.8) is 0 Å². The lowest BCUT2D eigenvalue weighted by molar-refractivity contribution is -0.384. The minimum Gasteiger partial charge on any atom is -0.490 e. The molecule has 35 heavy (non-hydrogen) atoms. The molecule has 2 aromatic carbocycles. The average Bonchev–Trinajstić information content (AvgIpc) is 3.12. The summed E-state index contributed by atoms with van der Waals surface area (Å²) in [6.07, 6.45) is 7.41. The number of rotatable bonds is 9. The van der Waals surface area contributed by atoms with E-state index in [0.717, 1.165) is 48.6 Å². The number of benzene rings is 2. The zero-order valence-electron chi connectivity index (χ0n) is 19.6. The maximum Gasteiger partial charge on any atom is 0.293 e. The van der Waals surface area contributed by atoms with Gasteiger partial charge in [-0.3, -0.25) is 24.6 Å². The summed E-state index contributed by atoms with van der Waals surface area (Å²) in [6.45, 7) is 3.01. The summed E-state index contributed by atoms with van der Waals surface area (Å²) in [5.74, 6) is 1.20. The fraction of sp³-hybridized carbons (Fsp3) is 0.385. The van der Waals surface area contributed by atoms with Crippen LogP contribution in [0.3, 0.4) is 0 Å². The van der Waals surface area contributed by atoms with E-state index in [9.17, 15) is 19.7 Å². The van der Waals surface area contributed by atoms with Crippen LogP contribution in [0.15, 0.2) is 47.4 Å². The van der Waals surface area contributed by atoms with Gasteiger partial charge in [0.25, 0.3) is 16.8 Å². The SMILES string of the molecule is CCOc1cc(/C=C2/SC(=O)N(CC3CCCCC3)C2=O)ccc1OCc1ccc([N+](=O)[O-])cc1. The number of ether oxygens (including phenoxy) is 2. The number of thioether (sulfide) groups is 1. The topological polar surface area (TPSA) is 99.0 Å². The molecule has 1 saturated carbocycles. The third-order valence-electron chi connectivity index (χ3n) is 6.15. The van der Waals surface area contributed by atoms with Crippen LogP contribution in [0.25, 0.3) is 6.08 Å². The van der Waals surface area contributed by atoms with Crippen LogP contribution < -0.4 is 9.47 Å². The first-order valence-electron chi connectivity index (χ1n) is 11.8. The molecule has 9 heteroatoms. The molecule has 2 fully saturated rings. The van der Waals surface area contributed by atoms with Gasteiger partial charge in [0.15, 0.2) is 11.5 Å². The molecule has 4 rings (SSSR count). The largest absolute Gasteiger partial charge is 0.490 e. The Bertz CT molecular complexity index is 1130. The third-order valence-corrected chi connectivity index (χ3v) is 7.05. The Balaban J connectivity index is 1.45. The molecule has 0 unspecified atom stereocenters. The normalized spacial score (nSPS) is 17.7. The fourth-order valence-electron chi connectivity index (χ4n) is 4.31. The van der Waals surface area contributed by atoms with E-state index in [0.29, 0.717) is 35.5 Å². The lowest BCUT2D eigenvalue weighted by Crippen LogP contribution is -2.34. The zero-order valence-corrected chi connectivity index (χ0v) is 20.4. The van der Waals surface area contributed by atoms with Crippen LogP contribution in [-0.2, 0) is 11.4 Å². The van der Waals surface area contributed by atoms with Gasteiger partial charge >= 0.3 is 0 Å². The molecule has 0 radical (unpaired) electrons. The molecule has 2 amide bonds. The molecule has 0 atom stereocenters. The van der Waals surface area contributed by atoms with E-state index in [1.165, 1.54) is 23.5 Å². The number of imide groups is 1. The van der Waals surface area contributed by atoms with Crippen LogP contribution in [0, 0.1) is 16.0 Å². The van der Waals surface area contributed by atoms with Gasteiger partial charge in [-0.25, -0.2) is 0 Å². The Labute approximate surface area is 208 Å². The lowest BCUT2D eigenvalue weighted by atomic mass is 9.89. The van der Waals surface area contributed by atoms with Crippen LogP contribution in [0.2, 0.25) is 0 Å². The maximum absolute atomic E-state index is 12.9. The van der Waals surface area contributed by atoms with E-state index in [1.807, 2.05) is 13.0 Å². The zero-order chi connectivity index (χ0) is 24.8. The summed E-state index contributed by atoms with van der Waals surface area (Å²) < 4.78 is 11.6. The van der Waals surface area contributed by atoms with Gasteiger partial charge in [-0.1, -0.05) is 25.3 Å². The highest BCUT2D eigenvalue weighted by atomic mass is 32.2. The standard InChI is InChI=1S/C26H28N2O6S/c1-2-33-23-14-20(10-13-22(23)34-17-19-8-11-21(12-9-19)28(31)32)15-24-25(29)27(26(30)35-24)16-18-6-4-3-5-7-18/h8-15,18H,2-7,16-17H2,1H3/b24-15+. The number of nitrogens with zero attached hydrogens (tertiary/aromatic N) is 2. The van der Waals surface area contributed by atoms with E-state index >= 15 is 0 Å². The molecular formula is C26H28N2O6S. The van der Waals surface area contributed by atoms with Crippen LogP contribution in [0.4, 0.5) is 10.5 Å². The molecule has 0 spiro atoms. The molecule has 0 bridgehead atoms. The Kier molecular flexibility index (Phi) is 8.07. The molecule has 0 aromatic heterocycles. The highest BCUT2D eigenvalue weighted by Crippen LogP contribution is 2.36. The molecule has 1 aliphatic heterocycles. The average molecular weight is 497 g/mol. The number of carbonyl (C=O) groups is 2. The molecular weight excluding hydrogens is 468 g/mol. The van der Waals surface area contributed by atoms with Crippen molar-refractivity contribution in [1.29, 1.82) is 0 Å². The van der Waals surface area contributed by atoms with Gasteiger partial charge in [0.1, 0.15) is 6.61 Å². The monoisotopic (exact) mass is 496 g/mol. The first-order valence-corrected chi connectivity index (χ1v) is 12.6. The fourth-order valence-corrected chi connectivity index (χ4v) is 5.16. The summed E-state index contributed by atoms with van der Waals surface area (Å²) in [4.78, 5) is 37.6. The number of carbonyl (C=O) groups excluding carboxylic acids is 2. The number of amides is 2. The van der Waals surface area contributed by atoms with Gasteiger partial charge < -0.3 is 9.47 Å². The minimum absolute atomic E-state index is 0.0243. The molecule has 1 aliphatic carbocycles. The number of nitro groups is 1. The first kappa shape index (κ1) is 24.8. The van der Waals surface area contributed by atoms with Gasteiger partial charge in [-0.15, -0.1) is 0 Å². The molecule has 8 nitrogen and oxygen atoms in total. The van der Waals surface area contributed by atoms with Crippen molar-refractivity contribution >= 4 is 34.7 Å². The van der Waals surface area contributed by atoms with Crippen molar-refractivity contribution in [2.45, 2.75) is 45.6 Å². The Morgan fingerprint density at radius 2 is 1.80 bits per heavy atom. The van der Waals surface area contributed by atoms with Crippen LogP contribution in [0.1, 0.15) is 50.2 Å². The van der Waals surface area contributed by atoms with Crippen LogP contribution in [-0.4, -0.2) is 34.1 Å². The molecule has 1 heterocycles. The van der Waals surface area contributed by atoms with E-state index in [1.54, 1.807) is 30.3 Å². The molecule has 2 aliphatic rings. The first-order chi connectivity index (χ1) is 16.9. The predicted molar refractivity (Wildman–Crippen MR) is 134 cm³/mol. The summed E-state index contributed by atoms with van der Waals surface area (Å²) in [5.41, 5.74) is 1.55. The second-order valence-electron chi connectivity index (χ2n) is 8.65. The second-order valence-corrected chi connectivity index (χ2v) is 9.64. The van der Waals surface area contributed by atoms with Crippen molar-refractivity contribution in [3.05, 3.63) is 68.6 Å². The molecule has 1 saturated heterocycles. The van der Waals surface area contributed by atoms with Crippen molar-refractivity contribution in [2.24, 2.45) is 5.92 Å². The summed E-state index contributed by atoms with van der Waals surface area (Å²) >= 11 is 0.978. The Hall–Kier alpha value is -3.33. The highest BCUT2D eigenvalue weighted by Gasteiger charge is 2.36.